The van der Waals surface area contributed by atoms with E-state index in [-0.39, 0.29) is 0 Å². The monoisotopic (exact) mass is 248 g/mol. The summed E-state index contributed by atoms with van der Waals surface area (Å²) < 4.78 is 0. The van der Waals surface area contributed by atoms with Gasteiger partial charge in [-0.25, -0.2) is 0 Å². The Labute approximate surface area is 107 Å². The Morgan fingerprint density at radius 2 is 2.35 bits per heavy atom. The van der Waals surface area contributed by atoms with Crippen molar-refractivity contribution in [1.29, 1.82) is 0 Å². The fraction of sp³-hybridized carbons (Fsp3) is 0.429. The summed E-state index contributed by atoms with van der Waals surface area (Å²) in [5.41, 5.74) is 2.50. The quantitative estimate of drug-likeness (QED) is 0.863. The zero-order chi connectivity index (χ0) is 11.8. The summed E-state index contributed by atoms with van der Waals surface area (Å²) in [6, 6.07) is 6.72. The van der Waals surface area contributed by atoms with E-state index in [0.29, 0.717) is 6.04 Å². The Morgan fingerprint density at radius 1 is 1.47 bits per heavy atom. The fourth-order valence-electron chi connectivity index (χ4n) is 2.86. The largest absolute Gasteiger partial charge is 0.361 e. The number of H-pyrrole nitrogens is 1. The second kappa shape index (κ2) is 4.35. The standard InChI is InChI=1S/C14H17ClN2/c1-17-7-3-4-11(17)8-10-9-16-13-6-2-5-12(15)14(10)13/h2,5-6,9,11,16H,3-4,7-8H2,1H3/t11-/m1/s1. The van der Waals surface area contributed by atoms with Gasteiger partial charge in [-0.2, -0.15) is 0 Å². The van der Waals surface area contributed by atoms with Crippen LogP contribution in [0.15, 0.2) is 24.4 Å². The molecule has 2 aromatic rings. The molecule has 1 saturated heterocycles. The number of nitrogens with one attached hydrogen (secondary N) is 1. The van der Waals surface area contributed by atoms with Crippen LogP contribution in [0.5, 0.6) is 0 Å². The number of benzene rings is 1. The third-order valence-corrected chi connectivity index (χ3v) is 4.18. The molecule has 0 bridgehead atoms. The highest BCUT2D eigenvalue weighted by atomic mass is 35.5. The third-order valence-electron chi connectivity index (χ3n) is 3.86. The number of nitrogens with zero attached hydrogens (tertiary/aromatic N) is 1. The summed E-state index contributed by atoms with van der Waals surface area (Å²) in [6.45, 7) is 1.22. The number of aromatic nitrogens is 1. The lowest BCUT2D eigenvalue weighted by Gasteiger charge is -2.18. The lowest BCUT2D eigenvalue weighted by Crippen LogP contribution is -2.26. The molecule has 0 spiro atoms. The van der Waals surface area contributed by atoms with E-state index in [0.717, 1.165) is 17.0 Å². The van der Waals surface area contributed by atoms with Gasteiger partial charge in [0.05, 0.1) is 5.02 Å². The minimum atomic E-state index is 0.672. The molecule has 1 N–H and O–H groups in total. The average Bonchev–Trinajstić information content (AvgIpc) is 2.89. The fourth-order valence-corrected chi connectivity index (χ4v) is 3.16. The highest BCUT2D eigenvalue weighted by Gasteiger charge is 2.22. The predicted octanol–water partition coefficient (Wildman–Crippen LogP) is 3.46. The summed E-state index contributed by atoms with van der Waals surface area (Å²) in [5.74, 6) is 0. The van der Waals surface area contributed by atoms with Crippen LogP contribution in [0.25, 0.3) is 10.9 Å². The van der Waals surface area contributed by atoms with Gasteiger partial charge in [0.25, 0.3) is 0 Å². The van der Waals surface area contributed by atoms with Crippen LogP contribution >= 0.6 is 11.6 Å². The van der Waals surface area contributed by atoms with E-state index in [1.54, 1.807) is 0 Å². The van der Waals surface area contributed by atoms with Gasteiger partial charge < -0.3 is 9.88 Å². The van der Waals surface area contributed by atoms with Crippen molar-refractivity contribution in [2.75, 3.05) is 13.6 Å². The van der Waals surface area contributed by atoms with Crippen LogP contribution < -0.4 is 0 Å². The first-order valence-corrected chi connectivity index (χ1v) is 6.58. The van der Waals surface area contributed by atoms with Crippen molar-refractivity contribution in [3.8, 4) is 0 Å². The molecule has 1 aromatic heterocycles. The Bertz CT molecular complexity index is 532. The second-order valence-electron chi connectivity index (χ2n) is 4.96. The molecule has 0 aliphatic carbocycles. The van der Waals surface area contributed by atoms with Crippen LogP contribution in [0.2, 0.25) is 5.02 Å². The van der Waals surface area contributed by atoms with Crippen LogP contribution in [0.3, 0.4) is 0 Å². The maximum Gasteiger partial charge on any atom is 0.0502 e. The number of hydrogen-bond acceptors (Lipinski definition) is 1. The number of likely N-dealkylation sites (tertiary alicyclic amines) is 1. The maximum absolute atomic E-state index is 6.29. The van der Waals surface area contributed by atoms with Crippen LogP contribution in [0.1, 0.15) is 18.4 Å². The Hall–Kier alpha value is -0.990. The number of rotatable bonds is 2. The van der Waals surface area contributed by atoms with Crippen molar-refractivity contribution in [3.05, 3.63) is 35.0 Å². The van der Waals surface area contributed by atoms with Gasteiger partial charge in [-0.1, -0.05) is 17.7 Å². The average molecular weight is 249 g/mol. The molecule has 1 aromatic carbocycles. The van der Waals surface area contributed by atoms with Crippen molar-refractivity contribution < 1.29 is 0 Å². The molecular weight excluding hydrogens is 232 g/mol. The molecule has 2 nitrogen and oxygen atoms in total. The predicted molar refractivity (Wildman–Crippen MR) is 72.7 cm³/mol. The van der Waals surface area contributed by atoms with Crippen molar-refractivity contribution in [1.82, 2.24) is 9.88 Å². The topological polar surface area (TPSA) is 19.0 Å². The number of fused-ring (bicyclic) bond motifs is 1. The van der Waals surface area contributed by atoms with E-state index in [9.17, 15) is 0 Å². The molecule has 2 heterocycles. The van der Waals surface area contributed by atoms with Gasteiger partial charge in [0, 0.05) is 23.1 Å². The highest BCUT2D eigenvalue weighted by molar-refractivity contribution is 6.35. The smallest absolute Gasteiger partial charge is 0.0502 e. The maximum atomic E-state index is 6.29. The van der Waals surface area contributed by atoms with E-state index in [1.807, 2.05) is 12.1 Å². The molecule has 3 heteroatoms. The minimum Gasteiger partial charge on any atom is -0.361 e. The van der Waals surface area contributed by atoms with Gasteiger partial charge >= 0.3 is 0 Å². The van der Waals surface area contributed by atoms with Crippen LogP contribution in [-0.4, -0.2) is 29.5 Å². The van der Waals surface area contributed by atoms with Crippen molar-refractivity contribution in [3.63, 3.8) is 0 Å². The number of aromatic amines is 1. The lowest BCUT2D eigenvalue weighted by molar-refractivity contribution is 0.310. The van der Waals surface area contributed by atoms with E-state index in [1.165, 1.54) is 30.3 Å². The summed E-state index contributed by atoms with van der Waals surface area (Å²) in [5, 5.41) is 2.06. The Morgan fingerprint density at radius 3 is 3.12 bits per heavy atom. The van der Waals surface area contributed by atoms with Crippen molar-refractivity contribution in [2.45, 2.75) is 25.3 Å². The molecule has 1 atom stereocenters. The first kappa shape index (κ1) is 11.1. The molecular formula is C14H17ClN2. The van der Waals surface area contributed by atoms with Crippen LogP contribution in [0.4, 0.5) is 0 Å². The summed E-state index contributed by atoms with van der Waals surface area (Å²) in [4.78, 5) is 5.77. The number of hydrogen-bond donors (Lipinski definition) is 1. The molecule has 1 aliphatic heterocycles. The summed E-state index contributed by atoms with van der Waals surface area (Å²) in [6.07, 6.45) is 5.83. The number of likely N-dealkylation sites (N-methyl/N-ethyl adjacent to an activating group) is 1. The van der Waals surface area contributed by atoms with Gasteiger partial charge in [-0.05, 0) is 50.6 Å². The molecule has 0 unspecified atom stereocenters. The molecule has 0 amide bonds. The molecule has 0 radical (unpaired) electrons. The van der Waals surface area contributed by atoms with Gasteiger partial charge in [0.2, 0.25) is 0 Å². The first-order valence-electron chi connectivity index (χ1n) is 6.20. The molecule has 17 heavy (non-hydrogen) atoms. The lowest BCUT2D eigenvalue weighted by atomic mass is 10.0. The zero-order valence-corrected chi connectivity index (χ0v) is 10.8. The van der Waals surface area contributed by atoms with E-state index >= 15 is 0 Å². The minimum absolute atomic E-state index is 0.672. The Kier molecular flexibility index (Phi) is 2.85. The Balaban J connectivity index is 1.95. The molecule has 90 valence electrons. The van der Waals surface area contributed by atoms with Gasteiger partial charge in [-0.3, -0.25) is 0 Å². The van der Waals surface area contributed by atoms with Crippen LogP contribution in [-0.2, 0) is 6.42 Å². The number of halogens is 1. The van der Waals surface area contributed by atoms with Crippen LogP contribution in [0, 0.1) is 0 Å². The highest BCUT2D eigenvalue weighted by Crippen LogP contribution is 2.29. The van der Waals surface area contributed by atoms with Crippen molar-refractivity contribution >= 4 is 22.5 Å². The zero-order valence-electron chi connectivity index (χ0n) is 10.0. The second-order valence-corrected chi connectivity index (χ2v) is 5.36. The molecule has 0 saturated carbocycles. The van der Waals surface area contributed by atoms with Crippen molar-refractivity contribution in [2.24, 2.45) is 0 Å². The molecule has 1 fully saturated rings. The summed E-state index contributed by atoms with van der Waals surface area (Å²) >= 11 is 6.29. The van der Waals surface area contributed by atoms with Gasteiger partial charge in [0.1, 0.15) is 0 Å². The summed E-state index contributed by atoms with van der Waals surface area (Å²) in [7, 11) is 2.22. The normalized spacial score (nSPS) is 21.4. The molecule has 1 aliphatic rings. The first-order chi connectivity index (χ1) is 8.25. The van der Waals surface area contributed by atoms with Gasteiger partial charge in [0.15, 0.2) is 0 Å². The van der Waals surface area contributed by atoms with E-state index in [2.05, 4.69) is 29.2 Å². The van der Waals surface area contributed by atoms with E-state index in [4.69, 9.17) is 11.6 Å². The SMILES string of the molecule is CN1CCC[C@@H]1Cc1c[nH]c2cccc(Cl)c12. The van der Waals surface area contributed by atoms with E-state index < -0.39 is 0 Å². The molecule has 3 rings (SSSR count). The third kappa shape index (κ3) is 1.96. The van der Waals surface area contributed by atoms with Gasteiger partial charge in [-0.15, -0.1) is 0 Å².